The van der Waals surface area contributed by atoms with Crippen LogP contribution in [-0.4, -0.2) is 32.2 Å². The van der Waals surface area contributed by atoms with Crippen molar-refractivity contribution in [1.82, 2.24) is 20.0 Å². The molecule has 0 saturated heterocycles. The van der Waals surface area contributed by atoms with E-state index in [9.17, 15) is 5.11 Å². The predicted octanol–water partition coefficient (Wildman–Crippen LogP) is 3.26. The van der Waals surface area contributed by atoms with Crippen LogP contribution in [-0.2, 0) is 6.54 Å². The Kier molecular flexibility index (Phi) is 3.78. The first-order chi connectivity index (χ1) is 12.2. The number of phenolic OH excluding ortho intramolecular Hbond substituents is 1. The van der Waals surface area contributed by atoms with Gasteiger partial charge < -0.3 is 9.84 Å². The minimum Gasteiger partial charge on any atom is -0.504 e. The lowest BCUT2D eigenvalue weighted by molar-refractivity contribution is 0.374. The number of hydrogen-bond acceptors (Lipinski definition) is 5. The summed E-state index contributed by atoms with van der Waals surface area (Å²) in [5.74, 6) is 0.444. The number of rotatable bonds is 4. The molecule has 25 heavy (non-hydrogen) atoms. The zero-order valence-electron chi connectivity index (χ0n) is 13.6. The molecule has 2 heterocycles. The quantitative estimate of drug-likeness (QED) is 0.621. The summed E-state index contributed by atoms with van der Waals surface area (Å²) in [6.07, 6.45) is 5.43. The summed E-state index contributed by atoms with van der Waals surface area (Å²) in [5.41, 5.74) is 3.61. The normalized spacial score (nSPS) is 10.9. The molecule has 0 aliphatic rings. The number of aromatic hydroxyl groups is 1. The number of benzene rings is 2. The van der Waals surface area contributed by atoms with Crippen LogP contribution in [0.25, 0.3) is 22.0 Å². The van der Waals surface area contributed by atoms with E-state index in [2.05, 4.69) is 27.4 Å². The van der Waals surface area contributed by atoms with E-state index in [1.54, 1.807) is 24.5 Å². The van der Waals surface area contributed by atoms with Crippen molar-refractivity contribution in [2.24, 2.45) is 0 Å². The SMILES string of the molecule is COc1cc2nncc(-c3cnn(Cc4ccccc4)c3)c2cc1O. The van der Waals surface area contributed by atoms with Crippen molar-refractivity contribution in [3.8, 4) is 22.6 Å². The molecule has 0 fully saturated rings. The molecule has 0 unspecified atom stereocenters. The van der Waals surface area contributed by atoms with Crippen LogP contribution >= 0.6 is 0 Å². The van der Waals surface area contributed by atoms with E-state index in [-0.39, 0.29) is 5.75 Å². The molecule has 2 aromatic heterocycles. The lowest BCUT2D eigenvalue weighted by Gasteiger charge is -2.07. The van der Waals surface area contributed by atoms with Gasteiger partial charge in [0.15, 0.2) is 11.5 Å². The van der Waals surface area contributed by atoms with Gasteiger partial charge >= 0.3 is 0 Å². The van der Waals surface area contributed by atoms with Crippen molar-refractivity contribution in [3.05, 3.63) is 66.6 Å². The van der Waals surface area contributed by atoms with E-state index in [1.807, 2.05) is 29.1 Å². The van der Waals surface area contributed by atoms with Crippen molar-refractivity contribution >= 4 is 10.9 Å². The Morgan fingerprint density at radius 2 is 1.96 bits per heavy atom. The second-order valence-corrected chi connectivity index (χ2v) is 5.71. The summed E-state index contributed by atoms with van der Waals surface area (Å²) in [4.78, 5) is 0. The van der Waals surface area contributed by atoms with Gasteiger partial charge in [-0.1, -0.05) is 30.3 Å². The molecule has 0 radical (unpaired) electrons. The van der Waals surface area contributed by atoms with Crippen LogP contribution < -0.4 is 4.74 Å². The smallest absolute Gasteiger partial charge is 0.162 e. The molecular formula is C19H16N4O2. The van der Waals surface area contributed by atoms with Gasteiger partial charge in [0.1, 0.15) is 0 Å². The zero-order valence-corrected chi connectivity index (χ0v) is 13.6. The molecule has 0 saturated carbocycles. The van der Waals surface area contributed by atoms with E-state index < -0.39 is 0 Å². The second-order valence-electron chi connectivity index (χ2n) is 5.71. The van der Waals surface area contributed by atoms with Gasteiger partial charge in [-0.2, -0.15) is 15.3 Å². The maximum atomic E-state index is 10.1. The fourth-order valence-electron chi connectivity index (χ4n) is 2.83. The van der Waals surface area contributed by atoms with E-state index in [0.717, 1.165) is 16.5 Å². The largest absolute Gasteiger partial charge is 0.504 e. The fraction of sp³-hybridized carbons (Fsp3) is 0.105. The third kappa shape index (κ3) is 2.89. The summed E-state index contributed by atoms with van der Waals surface area (Å²) in [6.45, 7) is 0.691. The molecule has 1 N–H and O–H groups in total. The summed E-state index contributed by atoms with van der Waals surface area (Å²) < 4.78 is 7.01. The maximum absolute atomic E-state index is 10.1. The Morgan fingerprint density at radius 1 is 1.12 bits per heavy atom. The van der Waals surface area contributed by atoms with Crippen LogP contribution in [0.3, 0.4) is 0 Å². The fourth-order valence-corrected chi connectivity index (χ4v) is 2.83. The number of fused-ring (bicyclic) bond motifs is 1. The molecule has 0 bridgehead atoms. The maximum Gasteiger partial charge on any atom is 0.162 e. The minimum absolute atomic E-state index is 0.0703. The van der Waals surface area contributed by atoms with E-state index in [0.29, 0.717) is 17.8 Å². The minimum atomic E-state index is 0.0703. The number of nitrogens with zero attached hydrogens (tertiary/aromatic N) is 4. The highest BCUT2D eigenvalue weighted by Gasteiger charge is 2.12. The van der Waals surface area contributed by atoms with Gasteiger partial charge in [0.05, 0.1) is 31.6 Å². The molecule has 4 aromatic rings. The molecule has 0 aliphatic carbocycles. The van der Waals surface area contributed by atoms with Gasteiger partial charge in [-0.15, -0.1) is 0 Å². The van der Waals surface area contributed by atoms with Crippen molar-refractivity contribution in [2.75, 3.05) is 7.11 Å². The standard InChI is InChI=1S/C19H16N4O2/c1-25-19-8-17-15(7-18(19)24)16(10-20-22-17)14-9-21-23(12-14)11-13-5-3-2-4-6-13/h2-10,12,24H,11H2,1H3. The summed E-state index contributed by atoms with van der Waals surface area (Å²) in [7, 11) is 1.51. The van der Waals surface area contributed by atoms with E-state index in [1.165, 1.54) is 12.7 Å². The topological polar surface area (TPSA) is 73.1 Å². The average molecular weight is 332 g/mol. The third-order valence-corrected chi connectivity index (χ3v) is 4.07. The number of hydrogen-bond donors (Lipinski definition) is 1. The number of ether oxygens (including phenoxy) is 1. The number of phenols is 1. The van der Waals surface area contributed by atoms with Gasteiger partial charge in [0, 0.05) is 28.8 Å². The van der Waals surface area contributed by atoms with Crippen LogP contribution in [0, 0.1) is 0 Å². The summed E-state index contributed by atoms with van der Waals surface area (Å²) in [6, 6.07) is 13.5. The van der Waals surface area contributed by atoms with Crippen LogP contribution in [0.1, 0.15) is 5.56 Å². The Labute approximate surface area is 144 Å². The highest BCUT2D eigenvalue weighted by atomic mass is 16.5. The molecule has 0 aliphatic heterocycles. The average Bonchev–Trinajstić information content (AvgIpc) is 3.10. The first-order valence-corrected chi connectivity index (χ1v) is 7.84. The van der Waals surface area contributed by atoms with Crippen molar-refractivity contribution in [1.29, 1.82) is 0 Å². The lowest BCUT2D eigenvalue weighted by Crippen LogP contribution is -1.99. The summed E-state index contributed by atoms with van der Waals surface area (Å²) in [5, 5.41) is 23.5. The van der Waals surface area contributed by atoms with Crippen LogP contribution in [0.4, 0.5) is 0 Å². The Balaban J connectivity index is 1.74. The van der Waals surface area contributed by atoms with Gasteiger partial charge in [-0.25, -0.2) is 0 Å². The van der Waals surface area contributed by atoms with Gasteiger partial charge in [-0.3, -0.25) is 4.68 Å². The second kappa shape index (κ2) is 6.24. The predicted molar refractivity (Wildman–Crippen MR) is 94.5 cm³/mol. The molecule has 0 spiro atoms. The van der Waals surface area contributed by atoms with Crippen molar-refractivity contribution < 1.29 is 9.84 Å². The van der Waals surface area contributed by atoms with Crippen LogP contribution in [0.2, 0.25) is 0 Å². The zero-order chi connectivity index (χ0) is 17.2. The Hall–Kier alpha value is -3.41. The van der Waals surface area contributed by atoms with Gasteiger partial charge in [0.2, 0.25) is 0 Å². The molecule has 6 heteroatoms. The first kappa shape index (κ1) is 15.1. The molecule has 4 rings (SSSR count). The van der Waals surface area contributed by atoms with Crippen LogP contribution in [0.15, 0.2) is 61.1 Å². The molecule has 0 atom stereocenters. The highest BCUT2D eigenvalue weighted by Crippen LogP contribution is 2.34. The molecule has 2 aromatic carbocycles. The molecule has 0 amide bonds. The third-order valence-electron chi connectivity index (χ3n) is 4.07. The van der Waals surface area contributed by atoms with Crippen molar-refractivity contribution in [3.63, 3.8) is 0 Å². The van der Waals surface area contributed by atoms with Crippen molar-refractivity contribution in [2.45, 2.75) is 6.54 Å². The van der Waals surface area contributed by atoms with E-state index in [4.69, 9.17) is 4.74 Å². The Bertz CT molecular complexity index is 1030. The van der Waals surface area contributed by atoms with Gasteiger partial charge in [-0.05, 0) is 11.6 Å². The number of methoxy groups -OCH3 is 1. The highest BCUT2D eigenvalue weighted by molar-refractivity contribution is 5.95. The lowest BCUT2D eigenvalue weighted by atomic mass is 10.1. The first-order valence-electron chi connectivity index (χ1n) is 7.84. The summed E-state index contributed by atoms with van der Waals surface area (Å²) >= 11 is 0. The number of aromatic nitrogens is 4. The van der Waals surface area contributed by atoms with E-state index >= 15 is 0 Å². The monoisotopic (exact) mass is 332 g/mol. The molecule has 124 valence electrons. The van der Waals surface area contributed by atoms with Gasteiger partial charge in [0.25, 0.3) is 0 Å². The molecule has 6 nitrogen and oxygen atoms in total. The van der Waals surface area contributed by atoms with Crippen LogP contribution in [0.5, 0.6) is 11.5 Å². The Morgan fingerprint density at radius 3 is 2.76 bits per heavy atom. The molecular weight excluding hydrogens is 316 g/mol.